The molecule has 3 rings (SSSR count). The highest BCUT2D eigenvalue weighted by molar-refractivity contribution is 5.95. The van der Waals surface area contributed by atoms with Crippen LogP contribution in [0.15, 0.2) is 48.4 Å². The molecule has 0 unspecified atom stereocenters. The van der Waals surface area contributed by atoms with Crippen LogP contribution in [-0.4, -0.2) is 35.0 Å². The molecule has 2 N–H and O–H groups in total. The van der Waals surface area contributed by atoms with Crippen molar-refractivity contribution in [3.8, 4) is 11.3 Å². The number of methoxy groups -OCH3 is 1. The van der Waals surface area contributed by atoms with Gasteiger partial charge in [0.15, 0.2) is 0 Å². The van der Waals surface area contributed by atoms with E-state index in [-0.39, 0.29) is 23.8 Å². The molecule has 0 radical (unpaired) electrons. The molecule has 0 saturated carbocycles. The van der Waals surface area contributed by atoms with Crippen molar-refractivity contribution in [3.63, 3.8) is 0 Å². The lowest BCUT2D eigenvalue weighted by atomic mass is 9.87. The van der Waals surface area contributed by atoms with E-state index in [4.69, 9.17) is 4.74 Å². The summed E-state index contributed by atoms with van der Waals surface area (Å²) in [4.78, 5) is 32.0. The van der Waals surface area contributed by atoms with Crippen LogP contribution in [0, 0.1) is 5.92 Å². The Morgan fingerprint density at radius 1 is 1.25 bits per heavy atom. The van der Waals surface area contributed by atoms with Crippen molar-refractivity contribution in [2.75, 3.05) is 7.11 Å². The number of amides is 1. The highest BCUT2D eigenvalue weighted by Crippen LogP contribution is 2.26. The Morgan fingerprint density at radius 3 is 2.64 bits per heavy atom. The van der Waals surface area contributed by atoms with Gasteiger partial charge in [0.1, 0.15) is 0 Å². The largest absolute Gasteiger partial charge is 0.469 e. The van der Waals surface area contributed by atoms with E-state index in [1.165, 1.54) is 19.1 Å². The predicted molar refractivity (Wildman–Crippen MR) is 108 cm³/mol. The Hall–Kier alpha value is -2.89. The van der Waals surface area contributed by atoms with E-state index >= 15 is 0 Å². The zero-order valence-electron chi connectivity index (χ0n) is 16.4. The van der Waals surface area contributed by atoms with Crippen molar-refractivity contribution in [2.24, 2.45) is 5.92 Å². The van der Waals surface area contributed by atoms with Gasteiger partial charge in [-0.1, -0.05) is 23.8 Å². The van der Waals surface area contributed by atoms with Gasteiger partial charge in [0.2, 0.25) is 0 Å². The molecule has 0 spiro atoms. The quantitative estimate of drug-likeness (QED) is 0.563. The molecule has 0 fully saturated rings. The summed E-state index contributed by atoms with van der Waals surface area (Å²) < 4.78 is 4.99. The van der Waals surface area contributed by atoms with Crippen molar-refractivity contribution in [3.05, 3.63) is 54.0 Å². The van der Waals surface area contributed by atoms with E-state index in [1.807, 2.05) is 19.1 Å². The molecule has 1 amide bonds. The Morgan fingerprint density at radius 2 is 2.04 bits per heavy atom. The number of benzene rings is 1. The van der Waals surface area contributed by atoms with Crippen molar-refractivity contribution in [2.45, 2.75) is 45.1 Å². The number of nitrogens with one attached hydrogen (secondary N) is 2. The summed E-state index contributed by atoms with van der Waals surface area (Å²) in [7, 11) is 1.40. The summed E-state index contributed by atoms with van der Waals surface area (Å²) in [6.07, 6.45) is 10.6. The molecular weight excluding hydrogens is 354 g/mol. The first-order valence-electron chi connectivity index (χ1n) is 9.74. The number of hydrogen-bond donors (Lipinski definition) is 2. The van der Waals surface area contributed by atoms with E-state index in [2.05, 4.69) is 21.4 Å². The van der Waals surface area contributed by atoms with E-state index in [9.17, 15) is 9.59 Å². The fraction of sp³-hybridized carbons (Fsp3) is 0.409. The topological polar surface area (TPSA) is 84.1 Å². The normalized spacial score (nSPS) is 16.0. The SMILES string of the molecule is COC(=O)[C@H](CC1=CCCCC1)[C@@H](C)NC(=O)c1ccc(-c2cnc[nH]2)cc1. The van der Waals surface area contributed by atoms with Crippen molar-refractivity contribution in [1.29, 1.82) is 0 Å². The molecule has 0 aliphatic heterocycles. The standard InChI is InChI=1S/C22H27N3O3/c1-15(19(22(27)28-2)12-16-6-4-3-5-7-16)25-21(26)18-10-8-17(9-11-18)20-13-23-14-24-20/h6,8-11,13-15,19H,3-5,7,12H2,1-2H3,(H,23,24)(H,25,26)/t15-,19-/m1/s1. The molecule has 0 saturated heterocycles. The lowest BCUT2D eigenvalue weighted by Gasteiger charge is -2.25. The van der Waals surface area contributed by atoms with Gasteiger partial charge in [-0.05, 0) is 56.7 Å². The van der Waals surface area contributed by atoms with Gasteiger partial charge in [-0.25, -0.2) is 4.98 Å². The highest BCUT2D eigenvalue weighted by Gasteiger charge is 2.28. The third-order valence-electron chi connectivity index (χ3n) is 5.29. The van der Waals surface area contributed by atoms with Crippen LogP contribution >= 0.6 is 0 Å². The van der Waals surface area contributed by atoms with Crippen LogP contribution in [0.25, 0.3) is 11.3 Å². The summed E-state index contributed by atoms with van der Waals surface area (Å²) in [5, 5.41) is 2.97. The monoisotopic (exact) mass is 381 g/mol. The maximum absolute atomic E-state index is 12.7. The van der Waals surface area contributed by atoms with Crippen LogP contribution < -0.4 is 5.32 Å². The van der Waals surface area contributed by atoms with Gasteiger partial charge < -0.3 is 15.0 Å². The first-order chi connectivity index (χ1) is 13.6. The first kappa shape index (κ1) is 19.9. The van der Waals surface area contributed by atoms with E-state index in [0.29, 0.717) is 12.0 Å². The second-order valence-electron chi connectivity index (χ2n) is 7.25. The molecule has 6 nitrogen and oxygen atoms in total. The molecule has 148 valence electrons. The average molecular weight is 381 g/mol. The molecule has 2 atom stereocenters. The number of H-pyrrole nitrogens is 1. The number of carbonyl (C=O) groups is 2. The summed E-state index contributed by atoms with van der Waals surface area (Å²) >= 11 is 0. The van der Waals surface area contributed by atoms with Gasteiger partial charge in [-0.15, -0.1) is 0 Å². The number of aromatic nitrogens is 2. The summed E-state index contributed by atoms with van der Waals surface area (Å²) in [6, 6.07) is 6.97. The maximum atomic E-state index is 12.7. The third-order valence-corrected chi connectivity index (χ3v) is 5.29. The van der Waals surface area contributed by atoms with Gasteiger partial charge in [-0.3, -0.25) is 9.59 Å². The van der Waals surface area contributed by atoms with Crippen molar-refractivity contribution >= 4 is 11.9 Å². The molecule has 2 aromatic rings. The average Bonchev–Trinajstić information content (AvgIpc) is 3.27. The van der Waals surface area contributed by atoms with Gasteiger partial charge in [0.05, 0.1) is 31.2 Å². The van der Waals surface area contributed by atoms with E-state index < -0.39 is 0 Å². The molecule has 6 heteroatoms. The second-order valence-corrected chi connectivity index (χ2v) is 7.25. The Bertz CT molecular complexity index is 825. The number of aromatic amines is 1. The Kier molecular flexibility index (Phi) is 6.63. The summed E-state index contributed by atoms with van der Waals surface area (Å²) in [5.74, 6) is -0.869. The molecule has 1 aromatic carbocycles. The molecule has 0 bridgehead atoms. The number of carbonyl (C=O) groups excluding carboxylic acids is 2. The highest BCUT2D eigenvalue weighted by atomic mass is 16.5. The van der Waals surface area contributed by atoms with Crippen LogP contribution in [0.3, 0.4) is 0 Å². The molecular formula is C22H27N3O3. The minimum absolute atomic E-state index is 0.199. The van der Waals surface area contributed by atoms with E-state index in [0.717, 1.165) is 30.5 Å². The number of nitrogens with zero attached hydrogens (tertiary/aromatic N) is 1. The van der Waals surface area contributed by atoms with Gasteiger partial charge in [0.25, 0.3) is 5.91 Å². The van der Waals surface area contributed by atoms with Gasteiger partial charge in [0, 0.05) is 11.6 Å². The predicted octanol–water partition coefficient (Wildman–Crippen LogP) is 3.87. The van der Waals surface area contributed by atoms with Crippen LogP contribution in [0.5, 0.6) is 0 Å². The Balaban J connectivity index is 1.66. The summed E-state index contributed by atoms with van der Waals surface area (Å²) in [6.45, 7) is 1.86. The molecule has 1 aliphatic carbocycles. The summed E-state index contributed by atoms with van der Waals surface area (Å²) in [5.41, 5.74) is 3.69. The zero-order valence-corrected chi connectivity index (χ0v) is 16.4. The Labute approximate surface area is 165 Å². The van der Waals surface area contributed by atoms with Crippen molar-refractivity contribution in [1.82, 2.24) is 15.3 Å². The minimum atomic E-state index is -0.387. The lowest BCUT2D eigenvalue weighted by molar-refractivity contribution is -0.146. The molecule has 28 heavy (non-hydrogen) atoms. The minimum Gasteiger partial charge on any atom is -0.469 e. The van der Waals surface area contributed by atoms with Crippen LogP contribution in [0.2, 0.25) is 0 Å². The lowest BCUT2D eigenvalue weighted by Crippen LogP contribution is -2.42. The zero-order chi connectivity index (χ0) is 19.9. The van der Waals surface area contributed by atoms with Crippen LogP contribution in [0.1, 0.15) is 49.4 Å². The maximum Gasteiger partial charge on any atom is 0.311 e. The number of esters is 1. The first-order valence-corrected chi connectivity index (χ1v) is 9.74. The van der Waals surface area contributed by atoms with E-state index in [1.54, 1.807) is 24.7 Å². The van der Waals surface area contributed by atoms with Crippen LogP contribution in [-0.2, 0) is 9.53 Å². The molecule has 1 heterocycles. The molecule has 1 aromatic heterocycles. The number of ether oxygens (including phenoxy) is 1. The number of imidazole rings is 1. The van der Waals surface area contributed by atoms with Crippen molar-refractivity contribution < 1.29 is 14.3 Å². The number of hydrogen-bond acceptors (Lipinski definition) is 4. The van der Waals surface area contributed by atoms with Gasteiger partial charge in [-0.2, -0.15) is 0 Å². The van der Waals surface area contributed by atoms with Gasteiger partial charge >= 0.3 is 5.97 Å². The third kappa shape index (κ3) is 4.88. The smallest absolute Gasteiger partial charge is 0.311 e. The van der Waals surface area contributed by atoms with Crippen LogP contribution in [0.4, 0.5) is 0 Å². The fourth-order valence-electron chi connectivity index (χ4n) is 3.59. The fourth-order valence-corrected chi connectivity index (χ4v) is 3.59. The molecule has 1 aliphatic rings. The second kappa shape index (κ2) is 9.35. The number of allylic oxidation sites excluding steroid dienone is 2. The number of rotatable bonds is 7.